The molecule has 0 fully saturated rings. The number of anilines is 1. The van der Waals surface area contributed by atoms with Crippen molar-refractivity contribution in [1.29, 1.82) is 0 Å². The van der Waals surface area contributed by atoms with Gasteiger partial charge in [-0.1, -0.05) is 86.6 Å². The Morgan fingerprint density at radius 1 is 0.971 bits per heavy atom. The highest BCUT2D eigenvalue weighted by Crippen LogP contribution is 2.32. The fourth-order valence-corrected chi connectivity index (χ4v) is 4.06. The summed E-state index contributed by atoms with van der Waals surface area (Å²) in [5.41, 5.74) is 4.12. The third-order valence-corrected chi connectivity index (χ3v) is 5.58. The summed E-state index contributed by atoms with van der Waals surface area (Å²) in [5, 5.41) is 15.1. The van der Waals surface area contributed by atoms with E-state index in [-0.39, 0.29) is 0 Å². The molecule has 3 rings (SSSR count). The number of rotatable bonds is 14. The molecule has 1 unspecified atom stereocenters. The molecule has 1 heterocycles. The lowest BCUT2D eigenvalue weighted by Gasteiger charge is -2.26. The molecule has 34 heavy (non-hydrogen) atoms. The van der Waals surface area contributed by atoms with Gasteiger partial charge >= 0.3 is 0 Å². The molecular formula is C28H39N3O3. The van der Waals surface area contributed by atoms with Crippen LogP contribution >= 0.6 is 0 Å². The minimum atomic E-state index is -0.546. The van der Waals surface area contributed by atoms with Crippen LogP contribution in [0.15, 0.2) is 65.2 Å². The smallest absolute Gasteiger partial charge is 0.232 e. The monoisotopic (exact) mass is 465 g/mol. The summed E-state index contributed by atoms with van der Waals surface area (Å²) in [6, 6.07) is 20.5. The van der Waals surface area contributed by atoms with Crippen molar-refractivity contribution in [3.63, 3.8) is 0 Å². The van der Waals surface area contributed by atoms with Gasteiger partial charge in [0.2, 0.25) is 5.88 Å². The second-order valence-electron chi connectivity index (χ2n) is 9.34. The SMILES string of the molecule is CCCN(Cc1c(-c2ccccc2)noc1N(C)Cc1ccccc1)CC(O)COCC(C)C. The number of benzene rings is 2. The van der Waals surface area contributed by atoms with Crippen LogP contribution in [0.2, 0.25) is 0 Å². The van der Waals surface area contributed by atoms with Crippen LogP contribution in [0.3, 0.4) is 0 Å². The van der Waals surface area contributed by atoms with Crippen molar-refractivity contribution >= 4 is 5.88 Å². The Balaban J connectivity index is 1.83. The van der Waals surface area contributed by atoms with Crippen molar-refractivity contribution in [2.24, 2.45) is 5.92 Å². The van der Waals surface area contributed by atoms with Crippen LogP contribution in [-0.2, 0) is 17.8 Å². The van der Waals surface area contributed by atoms with E-state index < -0.39 is 6.10 Å². The van der Waals surface area contributed by atoms with E-state index in [0.29, 0.717) is 32.2 Å². The van der Waals surface area contributed by atoms with Crippen LogP contribution in [0, 0.1) is 5.92 Å². The maximum atomic E-state index is 10.6. The molecule has 0 aliphatic rings. The Morgan fingerprint density at radius 2 is 1.65 bits per heavy atom. The predicted molar refractivity (Wildman–Crippen MR) is 138 cm³/mol. The van der Waals surface area contributed by atoms with E-state index in [4.69, 9.17) is 9.26 Å². The first-order chi connectivity index (χ1) is 16.5. The van der Waals surface area contributed by atoms with Crippen molar-refractivity contribution in [2.75, 3.05) is 38.3 Å². The summed E-state index contributed by atoms with van der Waals surface area (Å²) in [7, 11) is 2.03. The van der Waals surface area contributed by atoms with Crippen LogP contribution in [0.25, 0.3) is 11.3 Å². The summed E-state index contributed by atoms with van der Waals surface area (Å²) >= 11 is 0. The number of hydrogen-bond acceptors (Lipinski definition) is 6. The van der Waals surface area contributed by atoms with Gasteiger partial charge in [0.25, 0.3) is 0 Å². The summed E-state index contributed by atoms with van der Waals surface area (Å²) in [6.45, 7) is 10.1. The topological polar surface area (TPSA) is 62.0 Å². The standard InChI is InChI=1S/C28H39N3O3/c1-5-16-31(18-25(32)21-33-20-22(2)3)19-26-27(24-14-10-7-11-15-24)29-34-28(26)30(4)17-23-12-8-6-9-13-23/h6-15,22,25,32H,5,16-21H2,1-4H3. The lowest BCUT2D eigenvalue weighted by Crippen LogP contribution is -2.35. The van der Waals surface area contributed by atoms with Crippen LogP contribution in [-0.4, -0.2) is 54.6 Å². The lowest BCUT2D eigenvalue weighted by atomic mass is 10.1. The molecule has 6 nitrogen and oxygen atoms in total. The molecule has 3 aromatic rings. The molecule has 0 saturated carbocycles. The highest BCUT2D eigenvalue weighted by atomic mass is 16.5. The Morgan fingerprint density at radius 3 is 2.29 bits per heavy atom. The zero-order chi connectivity index (χ0) is 24.3. The molecule has 0 amide bonds. The molecular weight excluding hydrogens is 426 g/mol. The minimum Gasteiger partial charge on any atom is -0.389 e. The molecule has 0 saturated heterocycles. The Labute approximate surface area is 204 Å². The third kappa shape index (κ3) is 7.69. The van der Waals surface area contributed by atoms with Gasteiger partial charge in [0, 0.05) is 38.9 Å². The molecule has 0 aliphatic heterocycles. The quantitative estimate of drug-likeness (QED) is 0.352. The van der Waals surface area contributed by atoms with E-state index in [9.17, 15) is 5.11 Å². The number of nitrogens with zero attached hydrogens (tertiary/aromatic N) is 3. The fraction of sp³-hybridized carbons (Fsp3) is 0.464. The van der Waals surface area contributed by atoms with Gasteiger partial charge in [-0.05, 0) is 24.4 Å². The fourth-order valence-electron chi connectivity index (χ4n) is 4.06. The summed E-state index contributed by atoms with van der Waals surface area (Å²) < 4.78 is 11.6. The second-order valence-corrected chi connectivity index (χ2v) is 9.34. The molecule has 184 valence electrons. The maximum absolute atomic E-state index is 10.6. The third-order valence-electron chi connectivity index (χ3n) is 5.58. The van der Waals surface area contributed by atoms with Gasteiger partial charge in [0.15, 0.2) is 0 Å². The zero-order valence-electron chi connectivity index (χ0n) is 21.0. The number of aliphatic hydroxyl groups is 1. The predicted octanol–water partition coefficient (Wildman–Crippen LogP) is 5.22. The molecule has 0 bridgehead atoms. The number of ether oxygens (including phenoxy) is 1. The van der Waals surface area contributed by atoms with Gasteiger partial charge in [-0.15, -0.1) is 0 Å². The van der Waals surface area contributed by atoms with Crippen molar-refractivity contribution in [3.05, 3.63) is 71.8 Å². The van der Waals surface area contributed by atoms with Crippen molar-refractivity contribution < 1.29 is 14.4 Å². The van der Waals surface area contributed by atoms with E-state index in [2.05, 4.69) is 60.0 Å². The summed E-state index contributed by atoms with van der Waals surface area (Å²) in [4.78, 5) is 4.37. The Kier molecular flexibility index (Phi) is 10.1. The number of aliphatic hydroxyl groups excluding tert-OH is 1. The summed E-state index contributed by atoms with van der Waals surface area (Å²) in [5.74, 6) is 1.21. The van der Waals surface area contributed by atoms with Crippen molar-refractivity contribution in [1.82, 2.24) is 10.1 Å². The van der Waals surface area contributed by atoms with Gasteiger partial charge in [-0.2, -0.15) is 0 Å². The van der Waals surface area contributed by atoms with E-state index >= 15 is 0 Å². The van der Waals surface area contributed by atoms with E-state index in [1.165, 1.54) is 5.56 Å². The number of hydrogen-bond donors (Lipinski definition) is 1. The average molecular weight is 466 g/mol. The molecule has 0 aliphatic carbocycles. The van der Waals surface area contributed by atoms with Crippen LogP contribution < -0.4 is 4.90 Å². The second kappa shape index (κ2) is 13.3. The first kappa shape index (κ1) is 25.9. The average Bonchev–Trinajstić information content (AvgIpc) is 3.24. The van der Waals surface area contributed by atoms with Crippen molar-refractivity contribution in [2.45, 2.75) is 46.4 Å². The van der Waals surface area contributed by atoms with E-state index in [1.54, 1.807) is 0 Å². The summed E-state index contributed by atoms with van der Waals surface area (Å²) in [6.07, 6.45) is 0.441. The maximum Gasteiger partial charge on any atom is 0.232 e. The van der Waals surface area contributed by atoms with E-state index in [0.717, 1.165) is 42.2 Å². The molecule has 0 spiro atoms. The Hall–Kier alpha value is -2.67. The van der Waals surface area contributed by atoms with Gasteiger partial charge in [-0.25, -0.2) is 0 Å². The van der Waals surface area contributed by atoms with Gasteiger partial charge in [-0.3, -0.25) is 4.90 Å². The van der Waals surface area contributed by atoms with Crippen LogP contribution in [0.1, 0.15) is 38.3 Å². The molecule has 6 heteroatoms. The van der Waals surface area contributed by atoms with Gasteiger partial charge < -0.3 is 19.3 Å². The first-order valence-corrected chi connectivity index (χ1v) is 12.2. The lowest BCUT2D eigenvalue weighted by molar-refractivity contribution is 0.00693. The highest BCUT2D eigenvalue weighted by Gasteiger charge is 2.24. The zero-order valence-corrected chi connectivity index (χ0v) is 21.0. The normalized spacial score (nSPS) is 12.4. The van der Waals surface area contributed by atoms with E-state index in [1.807, 2.05) is 43.4 Å². The number of aromatic nitrogens is 1. The molecule has 1 aromatic heterocycles. The van der Waals surface area contributed by atoms with Crippen LogP contribution in [0.5, 0.6) is 0 Å². The molecule has 1 N–H and O–H groups in total. The van der Waals surface area contributed by atoms with Crippen LogP contribution in [0.4, 0.5) is 5.88 Å². The molecule has 0 radical (unpaired) electrons. The molecule has 1 atom stereocenters. The first-order valence-electron chi connectivity index (χ1n) is 12.2. The Bertz CT molecular complexity index is 960. The van der Waals surface area contributed by atoms with Crippen molar-refractivity contribution in [3.8, 4) is 11.3 Å². The highest BCUT2D eigenvalue weighted by molar-refractivity contribution is 5.68. The largest absolute Gasteiger partial charge is 0.389 e. The molecule has 2 aromatic carbocycles. The van der Waals surface area contributed by atoms with Gasteiger partial charge in [0.1, 0.15) is 5.69 Å². The van der Waals surface area contributed by atoms with Gasteiger partial charge in [0.05, 0.1) is 18.3 Å². The minimum absolute atomic E-state index is 0.342.